The van der Waals surface area contributed by atoms with Crippen molar-refractivity contribution in [1.82, 2.24) is 14.9 Å². The molecular weight excluding hydrogens is 522 g/mol. The van der Waals surface area contributed by atoms with Gasteiger partial charge in [0.2, 0.25) is 6.41 Å². The molecule has 0 aliphatic carbocycles. The summed E-state index contributed by atoms with van der Waals surface area (Å²) in [7, 11) is -4.71. The van der Waals surface area contributed by atoms with E-state index in [2.05, 4.69) is 14.5 Å². The number of benzene rings is 1. The number of aliphatic hydroxyl groups is 1. The summed E-state index contributed by atoms with van der Waals surface area (Å²) >= 11 is 6.01. The number of carbonyl (C=O) groups is 1. The van der Waals surface area contributed by atoms with Crippen molar-refractivity contribution < 1.29 is 33.2 Å². The maximum atomic E-state index is 13.3. The van der Waals surface area contributed by atoms with Gasteiger partial charge in [0, 0.05) is 28.8 Å². The predicted octanol–water partition coefficient (Wildman–Crippen LogP) is 3.72. The molecule has 0 aliphatic rings. The van der Waals surface area contributed by atoms with Gasteiger partial charge in [-0.25, -0.2) is 18.9 Å². The summed E-state index contributed by atoms with van der Waals surface area (Å²) in [4.78, 5) is 39.7. The molecule has 0 aliphatic heterocycles. The van der Waals surface area contributed by atoms with Gasteiger partial charge in [0.25, 0.3) is 0 Å². The first-order chi connectivity index (χ1) is 16.4. The number of nitrogens with two attached hydrogens (primary N) is 1. The van der Waals surface area contributed by atoms with Crippen LogP contribution in [-0.4, -0.2) is 47.8 Å². The Morgan fingerprint density at radius 3 is 2.71 bits per heavy atom. The van der Waals surface area contributed by atoms with Crippen molar-refractivity contribution in [3.8, 4) is 0 Å². The number of phosphoric ester groups is 1. The summed E-state index contributed by atoms with van der Waals surface area (Å²) in [6.45, 7) is 2.95. The molecule has 0 saturated carbocycles. The minimum atomic E-state index is -4.71. The smallest absolute Gasteiger partial charge is 0.383 e. The number of carbonyl (C=O) groups excluding carboxylic acids is 1. The minimum Gasteiger partial charge on any atom is -0.383 e. The molecule has 35 heavy (non-hydrogen) atoms. The van der Waals surface area contributed by atoms with Crippen LogP contribution in [0.3, 0.4) is 0 Å². The number of aliphatic hydroxyl groups excluding tert-OH is 1. The zero-order valence-electron chi connectivity index (χ0n) is 18.8. The molecule has 190 valence electrons. The van der Waals surface area contributed by atoms with Crippen LogP contribution in [0.25, 0.3) is 6.08 Å². The SMILES string of the molecule is C/C(=C(CCOP(=O)(O)O)/[SH]=C(O)\C=C\c1ccc(F)c(Cl)c1)N(C=O)Cc1cnc(C)nc1N. The van der Waals surface area contributed by atoms with Crippen LogP contribution in [0.5, 0.6) is 0 Å². The zero-order chi connectivity index (χ0) is 26.2. The maximum absolute atomic E-state index is 13.3. The largest absolute Gasteiger partial charge is 0.469 e. The maximum Gasteiger partial charge on any atom is 0.469 e. The highest BCUT2D eigenvalue weighted by atomic mass is 35.5. The van der Waals surface area contributed by atoms with Crippen molar-refractivity contribution in [3.63, 3.8) is 0 Å². The Labute approximate surface area is 210 Å². The van der Waals surface area contributed by atoms with Crippen molar-refractivity contribution in [3.05, 3.63) is 68.9 Å². The number of anilines is 1. The van der Waals surface area contributed by atoms with Gasteiger partial charge >= 0.3 is 7.82 Å². The van der Waals surface area contributed by atoms with E-state index in [1.54, 1.807) is 13.8 Å². The van der Waals surface area contributed by atoms with Crippen LogP contribution >= 0.6 is 30.8 Å². The van der Waals surface area contributed by atoms with Gasteiger partial charge in [-0.05, 0) is 37.6 Å². The van der Waals surface area contributed by atoms with E-state index in [1.807, 2.05) is 0 Å². The average molecular weight is 547 g/mol. The van der Waals surface area contributed by atoms with E-state index in [1.165, 1.54) is 41.4 Å². The van der Waals surface area contributed by atoms with Gasteiger partial charge < -0.3 is 25.5 Å². The number of phosphoric acid groups is 1. The first kappa shape index (κ1) is 28.8. The zero-order valence-corrected chi connectivity index (χ0v) is 21.3. The van der Waals surface area contributed by atoms with Gasteiger partial charge in [0.1, 0.15) is 17.5 Å². The van der Waals surface area contributed by atoms with Crippen LogP contribution in [0.2, 0.25) is 5.02 Å². The quantitative estimate of drug-likeness (QED) is 0.0930. The second-order valence-corrected chi connectivity index (χ2v) is 10.0. The minimum absolute atomic E-state index is 0.0109. The fraction of sp³-hybridized carbons (Fsp3) is 0.238. The predicted molar refractivity (Wildman–Crippen MR) is 135 cm³/mol. The van der Waals surface area contributed by atoms with E-state index in [9.17, 15) is 18.9 Å². The summed E-state index contributed by atoms with van der Waals surface area (Å²) in [5.41, 5.74) is 7.35. The topological polar surface area (TPSA) is 159 Å². The van der Waals surface area contributed by atoms with Crippen molar-refractivity contribution in [2.45, 2.75) is 26.8 Å². The Morgan fingerprint density at radius 1 is 1.40 bits per heavy atom. The molecule has 14 heteroatoms. The number of aryl methyl sites for hydroxylation is 1. The van der Waals surface area contributed by atoms with Gasteiger partial charge in [0.05, 0.1) is 23.2 Å². The fourth-order valence-corrected chi connectivity index (χ4v) is 4.20. The molecule has 5 N–H and O–H groups in total. The van der Waals surface area contributed by atoms with E-state index in [0.717, 1.165) is 0 Å². The molecule has 1 aromatic heterocycles. The van der Waals surface area contributed by atoms with Gasteiger partial charge in [-0.2, -0.15) is 0 Å². The van der Waals surface area contributed by atoms with Crippen molar-refractivity contribution in [1.29, 1.82) is 0 Å². The third-order valence-electron chi connectivity index (χ3n) is 4.55. The molecule has 1 heterocycles. The molecule has 1 amide bonds. The molecule has 0 atom stereocenters. The Hall–Kier alpha value is -2.44. The molecule has 10 nitrogen and oxygen atoms in total. The van der Waals surface area contributed by atoms with Crippen molar-refractivity contribution in [2.24, 2.45) is 0 Å². The van der Waals surface area contributed by atoms with Gasteiger partial charge in [-0.15, -0.1) is 11.4 Å². The molecule has 0 spiro atoms. The van der Waals surface area contributed by atoms with Crippen LogP contribution in [0.15, 0.2) is 41.1 Å². The monoisotopic (exact) mass is 546 g/mol. The van der Waals surface area contributed by atoms with Crippen LogP contribution in [0.1, 0.15) is 30.3 Å². The van der Waals surface area contributed by atoms with E-state index in [0.29, 0.717) is 34.0 Å². The number of allylic oxidation sites excluding steroid dienone is 1. The van der Waals surface area contributed by atoms with E-state index >= 15 is 0 Å². The first-order valence-corrected chi connectivity index (χ1v) is 12.8. The number of amides is 1. The molecule has 2 rings (SSSR count). The molecular formula is C21H25ClFN4O6PS. The third kappa shape index (κ3) is 9.61. The Bertz CT molecular complexity index is 1220. The van der Waals surface area contributed by atoms with E-state index < -0.39 is 13.6 Å². The Morgan fingerprint density at radius 2 is 2.11 bits per heavy atom. The highest BCUT2D eigenvalue weighted by Gasteiger charge is 2.16. The summed E-state index contributed by atoms with van der Waals surface area (Å²) in [6, 6.07) is 4.05. The number of hydrogen-bond donors (Lipinski definition) is 5. The van der Waals surface area contributed by atoms with Crippen LogP contribution in [0.4, 0.5) is 10.2 Å². The molecule has 0 saturated heterocycles. The van der Waals surface area contributed by atoms with Crippen LogP contribution in [0, 0.1) is 12.7 Å². The van der Waals surface area contributed by atoms with Crippen molar-refractivity contribution >= 4 is 54.1 Å². The highest BCUT2D eigenvalue weighted by molar-refractivity contribution is 8.02. The van der Waals surface area contributed by atoms with E-state index in [-0.39, 0.29) is 46.8 Å². The molecule has 0 radical (unpaired) electrons. The Balaban J connectivity index is 2.36. The summed E-state index contributed by atoms with van der Waals surface area (Å²) in [5, 5.41) is 10.2. The molecule has 1 aromatic carbocycles. The lowest BCUT2D eigenvalue weighted by molar-refractivity contribution is -0.116. The summed E-state index contributed by atoms with van der Waals surface area (Å²) < 4.78 is 28.9. The lowest BCUT2D eigenvalue weighted by Crippen LogP contribution is -2.22. The lowest BCUT2D eigenvalue weighted by atomic mass is 10.2. The standard InChI is InChI=1S/C21H25ClFN4O6PS/c1-13(27(12-28)11-16-10-25-14(2)26-21(16)24)19(7-8-33-34(30,31)32)35-20(29)6-4-15-3-5-18(23)17(22)9-15/h3-6,9-10,12,29,35H,7-8,11H2,1-2H3,(H2,24,25,26)(H2,30,31,32)/b6-4+,19-13-. The van der Waals surface area contributed by atoms with Gasteiger partial charge in [0.15, 0.2) is 0 Å². The second-order valence-electron chi connectivity index (χ2n) is 7.14. The number of thiol groups is 1. The second kappa shape index (κ2) is 13.0. The summed E-state index contributed by atoms with van der Waals surface area (Å²) in [6.07, 6.45) is 4.91. The van der Waals surface area contributed by atoms with Crippen molar-refractivity contribution in [2.75, 3.05) is 12.3 Å². The number of aromatic nitrogens is 2. The Kier molecular flexibility index (Phi) is 10.7. The fourth-order valence-electron chi connectivity index (χ4n) is 2.76. The van der Waals surface area contributed by atoms with Gasteiger partial charge in [-0.1, -0.05) is 23.7 Å². The number of nitrogens with zero attached hydrogens (tertiary/aromatic N) is 3. The third-order valence-corrected chi connectivity index (χ3v) is 6.56. The average Bonchev–Trinajstić information content (AvgIpc) is 2.77. The number of hydrogen-bond acceptors (Lipinski definition) is 6. The van der Waals surface area contributed by atoms with Crippen LogP contribution < -0.4 is 5.73 Å². The summed E-state index contributed by atoms with van der Waals surface area (Å²) in [5.74, 6) is 0.102. The molecule has 0 fully saturated rings. The lowest BCUT2D eigenvalue weighted by Gasteiger charge is -2.21. The van der Waals surface area contributed by atoms with E-state index in [4.69, 9.17) is 27.1 Å². The normalized spacial score (nSPS) is 13.4. The highest BCUT2D eigenvalue weighted by Crippen LogP contribution is 2.36. The van der Waals surface area contributed by atoms with Crippen LogP contribution in [-0.2, 0) is 20.4 Å². The molecule has 0 bridgehead atoms. The molecule has 0 unspecified atom stereocenters. The number of halogens is 2. The number of nitrogen functional groups attached to an aromatic ring is 1. The molecule has 2 aromatic rings. The number of rotatable bonds is 11. The van der Waals surface area contributed by atoms with Gasteiger partial charge in [-0.3, -0.25) is 9.32 Å². The first-order valence-electron chi connectivity index (χ1n) is 10.00.